The fourth-order valence-corrected chi connectivity index (χ4v) is 4.28. The summed E-state index contributed by atoms with van der Waals surface area (Å²) in [7, 11) is 0. The Bertz CT molecular complexity index is 339. The van der Waals surface area contributed by atoms with Crippen LogP contribution in [0, 0.1) is 11.3 Å². The molecule has 22 heavy (non-hydrogen) atoms. The molecule has 0 aromatic heterocycles. The third kappa shape index (κ3) is 4.71. The fourth-order valence-electron chi connectivity index (χ4n) is 4.28. The molecule has 1 unspecified atom stereocenters. The van der Waals surface area contributed by atoms with Gasteiger partial charge in [-0.2, -0.15) is 0 Å². The van der Waals surface area contributed by atoms with E-state index in [1.165, 1.54) is 58.2 Å². The molecular weight excluding hydrogens is 272 g/mol. The first-order chi connectivity index (χ1) is 10.6. The average Bonchev–Trinajstić information content (AvgIpc) is 2.46. The minimum atomic E-state index is 0.374. The Morgan fingerprint density at radius 1 is 1.09 bits per heavy atom. The molecule has 3 nitrogen and oxygen atoms in total. The third-order valence-corrected chi connectivity index (χ3v) is 5.71. The number of amides is 1. The van der Waals surface area contributed by atoms with Crippen LogP contribution in [0.15, 0.2) is 0 Å². The van der Waals surface area contributed by atoms with Gasteiger partial charge in [0.15, 0.2) is 0 Å². The van der Waals surface area contributed by atoms with E-state index in [-0.39, 0.29) is 0 Å². The van der Waals surface area contributed by atoms with E-state index < -0.39 is 0 Å². The lowest BCUT2D eigenvalue weighted by atomic mass is 9.72. The molecule has 2 aliphatic rings. The van der Waals surface area contributed by atoms with Crippen molar-refractivity contribution in [1.29, 1.82) is 0 Å². The Morgan fingerprint density at radius 3 is 2.36 bits per heavy atom. The largest absolute Gasteiger partial charge is 0.343 e. The first kappa shape index (κ1) is 17.8. The topological polar surface area (TPSA) is 23.6 Å². The van der Waals surface area contributed by atoms with Crippen LogP contribution < -0.4 is 0 Å². The lowest BCUT2D eigenvalue weighted by Crippen LogP contribution is -2.60. The molecule has 3 heteroatoms. The monoisotopic (exact) mass is 308 g/mol. The molecule has 1 spiro atoms. The van der Waals surface area contributed by atoms with Gasteiger partial charge in [-0.25, -0.2) is 0 Å². The molecule has 2 heterocycles. The molecule has 2 fully saturated rings. The molecule has 2 saturated heterocycles. The van der Waals surface area contributed by atoms with E-state index in [4.69, 9.17) is 0 Å². The highest BCUT2D eigenvalue weighted by atomic mass is 16.2. The third-order valence-electron chi connectivity index (χ3n) is 5.71. The zero-order valence-corrected chi connectivity index (χ0v) is 15.1. The van der Waals surface area contributed by atoms with Gasteiger partial charge >= 0.3 is 0 Å². The summed E-state index contributed by atoms with van der Waals surface area (Å²) in [5.74, 6) is 1.27. The maximum Gasteiger partial charge on any atom is 0.222 e. The summed E-state index contributed by atoms with van der Waals surface area (Å²) in [4.78, 5) is 16.7. The molecule has 128 valence electrons. The van der Waals surface area contributed by atoms with Crippen molar-refractivity contribution in [3.05, 3.63) is 0 Å². The number of rotatable bonds is 8. The summed E-state index contributed by atoms with van der Waals surface area (Å²) in [5, 5.41) is 0. The Kier molecular flexibility index (Phi) is 6.73. The predicted octanol–water partition coefficient (Wildman–Crippen LogP) is 3.93. The molecule has 0 aromatic carbocycles. The van der Waals surface area contributed by atoms with Crippen molar-refractivity contribution in [3.63, 3.8) is 0 Å². The van der Waals surface area contributed by atoms with Gasteiger partial charge in [0.1, 0.15) is 0 Å². The highest BCUT2D eigenvalue weighted by Crippen LogP contribution is 2.40. The number of hydrogen-bond acceptors (Lipinski definition) is 2. The number of hydrogen-bond donors (Lipinski definition) is 0. The lowest BCUT2D eigenvalue weighted by molar-refractivity contribution is -0.136. The highest BCUT2D eigenvalue weighted by molar-refractivity contribution is 5.76. The van der Waals surface area contributed by atoms with E-state index in [1.807, 2.05) is 0 Å². The summed E-state index contributed by atoms with van der Waals surface area (Å²) in [5.41, 5.74) is 0.554. The van der Waals surface area contributed by atoms with Crippen LogP contribution in [0.5, 0.6) is 0 Å². The highest BCUT2D eigenvalue weighted by Gasteiger charge is 2.44. The molecule has 1 amide bonds. The molecule has 0 aromatic rings. The van der Waals surface area contributed by atoms with Crippen LogP contribution >= 0.6 is 0 Å². The van der Waals surface area contributed by atoms with E-state index in [0.29, 0.717) is 11.3 Å². The first-order valence-corrected chi connectivity index (χ1v) is 9.58. The van der Waals surface area contributed by atoms with Crippen LogP contribution in [-0.4, -0.2) is 48.4 Å². The summed E-state index contributed by atoms with van der Waals surface area (Å²) < 4.78 is 0. The molecule has 2 aliphatic heterocycles. The zero-order chi connectivity index (χ0) is 16.0. The standard InChI is InChI=1S/C19H36N2O/c1-4-7-17(3)9-6-12-20-15-19(16-20)10-13-21(14-11-19)18(22)8-5-2/h17H,4-16H2,1-3H3. The van der Waals surface area contributed by atoms with E-state index in [0.717, 1.165) is 31.8 Å². The van der Waals surface area contributed by atoms with Crippen LogP contribution in [-0.2, 0) is 4.79 Å². The number of carbonyl (C=O) groups is 1. The maximum absolute atomic E-state index is 12.0. The van der Waals surface area contributed by atoms with Crippen molar-refractivity contribution in [1.82, 2.24) is 9.80 Å². The van der Waals surface area contributed by atoms with Gasteiger partial charge in [-0.15, -0.1) is 0 Å². The maximum atomic E-state index is 12.0. The van der Waals surface area contributed by atoms with Gasteiger partial charge < -0.3 is 9.80 Å². The molecule has 2 rings (SSSR count). The lowest BCUT2D eigenvalue weighted by Gasteiger charge is -2.54. The van der Waals surface area contributed by atoms with Crippen molar-refractivity contribution in [2.75, 3.05) is 32.7 Å². The number of piperidine rings is 1. The van der Waals surface area contributed by atoms with Crippen molar-refractivity contribution in [2.45, 2.75) is 72.1 Å². The van der Waals surface area contributed by atoms with Gasteiger partial charge in [0, 0.05) is 32.6 Å². The molecule has 0 N–H and O–H groups in total. The van der Waals surface area contributed by atoms with E-state index in [2.05, 4.69) is 30.6 Å². The van der Waals surface area contributed by atoms with Gasteiger partial charge in [0.05, 0.1) is 0 Å². The Morgan fingerprint density at radius 2 is 1.77 bits per heavy atom. The zero-order valence-electron chi connectivity index (χ0n) is 15.1. The molecule has 0 bridgehead atoms. The average molecular weight is 309 g/mol. The van der Waals surface area contributed by atoms with Gasteiger partial charge in [-0.1, -0.05) is 33.6 Å². The second-order valence-corrected chi connectivity index (χ2v) is 7.88. The van der Waals surface area contributed by atoms with Crippen molar-refractivity contribution >= 4 is 5.91 Å². The van der Waals surface area contributed by atoms with Crippen LogP contribution in [0.25, 0.3) is 0 Å². The van der Waals surface area contributed by atoms with Gasteiger partial charge in [-0.05, 0) is 50.0 Å². The summed E-state index contributed by atoms with van der Waals surface area (Å²) in [6.45, 7) is 12.6. The summed E-state index contributed by atoms with van der Waals surface area (Å²) in [6.07, 6.45) is 9.61. The number of carbonyl (C=O) groups excluding carboxylic acids is 1. The minimum absolute atomic E-state index is 0.374. The van der Waals surface area contributed by atoms with Gasteiger partial charge in [-0.3, -0.25) is 4.79 Å². The number of nitrogens with zero attached hydrogens (tertiary/aromatic N) is 2. The quantitative estimate of drug-likeness (QED) is 0.678. The van der Waals surface area contributed by atoms with E-state index in [9.17, 15) is 4.79 Å². The minimum Gasteiger partial charge on any atom is -0.343 e. The van der Waals surface area contributed by atoms with E-state index in [1.54, 1.807) is 0 Å². The Labute approximate surface area is 137 Å². The first-order valence-electron chi connectivity index (χ1n) is 9.58. The fraction of sp³-hybridized carbons (Fsp3) is 0.947. The Balaban J connectivity index is 1.60. The Hall–Kier alpha value is -0.570. The van der Waals surface area contributed by atoms with Crippen LogP contribution in [0.3, 0.4) is 0 Å². The second kappa shape index (κ2) is 8.33. The molecule has 0 saturated carbocycles. The smallest absolute Gasteiger partial charge is 0.222 e. The normalized spacial score (nSPS) is 22.6. The summed E-state index contributed by atoms with van der Waals surface area (Å²) in [6, 6.07) is 0. The number of likely N-dealkylation sites (tertiary alicyclic amines) is 2. The van der Waals surface area contributed by atoms with Crippen LogP contribution in [0.4, 0.5) is 0 Å². The van der Waals surface area contributed by atoms with Gasteiger partial charge in [0.25, 0.3) is 0 Å². The SMILES string of the molecule is CCCC(=O)N1CCC2(CC1)CN(CCCC(C)CCC)C2. The van der Waals surface area contributed by atoms with Crippen molar-refractivity contribution in [2.24, 2.45) is 11.3 Å². The molecule has 1 atom stereocenters. The van der Waals surface area contributed by atoms with Crippen LogP contribution in [0.1, 0.15) is 72.1 Å². The predicted molar refractivity (Wildman–Crippen MR) is 92.9 cm³/mol. The van der Waals surface area contributed by atoms with Gasteiger partial charge in [0.2, 0.25) is 5.91 Å². The van der Waals surface area contributed by atoms with Crippen molar-refractivity contribution < 1.29 is 4.79 Å². The molecule has 0 aliphatic carbocycles. The summed E-state index contributed by atoms with van der Waals surface area (Å²) >= 11 is 0. The second-order valence-electron chi connectivity index (χ2n) is 7.88. The molecule has 0 radical (unpaired) electrons. The molecular formula is C19H36N2O. The van der Waals surface area contributed by atoms with Crippen LogP contribution in [0.2, 0.25) is 0 Å². The van der Waals surface area contributed by atoms with Crippen molar-refractivity contribution in [3.8, 4) is 0 Å². The van der Waals surface area contributed by atoms with E-state index >= 15 is 0 Å².